The summed E-state index contributed by atoms with van der Waals surface area (Å²) in [6.07, 6.45) is 7.11. The molecule has 0 atom stereocenters. The minimum atomic E-state index is -0.338. The number of carbonyl (C=O) groups is 1. The molecule has 1 aliphatic carbocycles. The fourth-order valence-corrected chi connectivity index (χ4v) is 3.59. The molecule has 148 valence electrons. The molecule has 0 radical (unpaired) electrons. The molecule has 1 saturated carbocycles. The maximum Gasteiger partial charge on any atom is 0.316 e. The Bertz CT molecular complexity index is 831. The maximum atomic E-state index is 14.4. The van der Waals surface area contributed by atoms with Gasteiger partial charge >= 0.3 is 6.01 Å². The highest BCUT2D eigenvalue weighted by atomic mass is 19.1. The summed E-state index contributed by atoms with van der Waals surface area (Å²) in [6.45, 7) is 2.29. The van der Waals surface area contributed by atoms with Crippen LogP contribution >= 0.6 is 0 Å². The van der Waals surface area contributed by atoms with Gasteiger partial charge in [0.25, 0.3) is 0 Å². The van der Waals surface area contributed by atoms with Crippen LogP contribution in [0.5, 0.6) is 6.01 Å². The van der Waals surface area contributed by atoms with E-state index in [4.69, 9.17) is 10.5 Å². The van der Waals surface area contributed by atoms with Crippen molar-refractivity contribution in [3.05, 3.63) is 42.0 Å². The van der Waals surface area contributed by atoms with E-state index in [0.717, 1.165) is 38.8 Å². The first-order valence-electron chi connectivity index (χ1n) is 9.87. The molecule has 6 nitrogen and oxygen atoms in total. The standard InChI is InChI=1S/C21H25FN4O2/c22-19-16(10-23)2-1-3-18(19)17-11-24-21(25-12-17)28-13-14-6-8-26(9-7-14)20(27)15-4-5-15/h1-3,11-12,14-15H,4-10,13,23H2. The van der Waals surface area contributed by atoms with Crippen molar-refractivity contribution in [2.45, 2.75) is 32.2 Å². The topological polar surface area (TPSA) is 81.3 Å². The van der Waals surface area contributed by atoms with Crippen LogP contribution < -0.4 is 10.5 Å². The van der Waals surface area contributed by atoms with E-state index in [9.17, 15) is 9.18 Å². The summed E-state index contributed by atoms with van der Waals surface area (Å²) in [5.41, 5.74) is 7.05. The van der Waals surface area contributed by atoms with Crippen LogP contribution in [-0.4, -0.2) is 40.5 Å². The summed E-state index contributed by atoms with van der Waals surface area (Å²) in [4.78, 5) is 22.5. The molecule has 4 rings (SSSR count). The van der Waals surface area contributed by atoms with Crippen molar-refractivity contribution in [1.82, 2.24) is 14.9 Å². The van der Waals surface area contributed by atoms with Gasteiger partial charge in [0.1, 0.15) is 5.82 Å². The number of aromatic nitrogens is 2. The highest BCUT2D eigenvalue weighted by Crippen LogP contribution is 2.32. The molecule has 1 aromatic heterocycles. The number of hydrogen-bond donors (Lipinski definition) is 1. The number of halogens is 1. The molecule has 1 aliphatic heterocycles. The van der Waals surface area contributed by atoms with E-state index in [-0.39, 0.29) is 24.3 Å². The van der Waals surface area contributed by atoms with Crippen LogP contribution in [0.15, 0.2) is 30.6 Å². The third-order valence-electron chi connectivity index (χ3n) is 5.54. The monoisotopic (exact) mass is 384 g/mol. The molecule has 28 heavy (non-hydrogen) atoms. The first-order valence-corrected chi connectivity index (χ1v) is 9.87. The Morgan fingerprint density at radius 2 is 1.89 bits per heavy atom. The quantitative estimate of drug-likeness (QED) is 0.828. The largest absolute Gasteiger partial charge is 0.463 e. The average molecular weight is 384 g/mol. The summed E-state index contributed by atoms with van der Waals surface area (Å²) >= 11 is 0. The van der Waals surface area contributed by atoms with Gasteiger partial charge < -0.3 is 15.4 Å². The Morgan fingerprint density at radius 1 is 1.18 bits per heavy atom. The second-order valence-corrected chi connectivity index (χ2v) is 7.59. The van der Waals surface area contributed by atoms with Gasteiger partial charge in [-0.05, 0) is 31.6 Å². The molecule has 0 spiro atoms. The van der Waals surface area contributed by atoms with Crippen LogP contribution in [0.1, 0.15) is 31.2 Å². The molecule has 1 saturated heterocycles. The Hall–Kier alpha value is -2.54. The number of hydrogen-bond acceptors (Lipinski definition) is 5. The summed E-state index contributed by atoms with van der Waals surface area (Å²) in [7, 11) is 0. The highest BCUT2D eigenvalue weighted by Gasteiger charge is 2.34. The van der Waals surface area contributed by atoms with Gasteiger partial charge in [0.2, 0.25) is 5.91 Å². The van der Waals surface area contributed by atoms with Gasteiger partial charge in [0.05, 0.1) is 6.61 Å². The van der Waals surface area contributed by atoms with Crippen LogP contribution in [0.2, 0.25) is 0 Å². The van der Waals surface area contributed by atoms with E-state index < -0.39 is 0 Å². The Balaban J connectivity index is 1.30. The smallest absolute Gasteiger partial charge is 0.316 e. The lowest BCUT2D eigenvalue weighted by atomic mass is 9.97. The molecule has 2 aromatic rings. The van der Waals surface area contributed by atoms with E-state index in [1.807, 2.05) is 4.90 Å². The number of ether oxygens (including phenoxy) is 1. The van der Waals surface area contributed by atoms with E-state index >= 15 is 0 Å². The zero-order valence-electron chi connectivity index (χ0n) is 15.8. The number of carbonyl (C=O) groups excluding carboxylic acids is 1. The number of piperidine rings is 1. The number of amides is 1. The lowest BCUT2D eigenvalue weighted by molar-refractivity contribution is -0.134. The minimum Gasteiger partial charge on any atom is -0.463 e. The van der Waals surface area contributed by atoms with Crippen LogP contribution in [0.4, 0.5) is 4.39 Å². The van der Waals surface area contributed by atoms with Gasteiger partial charge in [-0.15, -0.1) is 0 Å². The zero-order chi connectivity index (χ0) is 19.5. The predicted octanol–water partition coefficient (Wildman–Crippen LogP) is 2.77. The lowest BCUT2D eigenvalue weighted by Gasteiger charge is -2.31. The number of nitrogens with zero attached hydrogens (tertiary/aromatic N) is 3. The second-order valence-electron chi connectivity index (χ2n) is 7.59. The molecule has 2 fully saturated rings. The molecule has 1 amide bonds. The SMILES string of the molecule is NCc1cccc(-c2cnc(OCC3CCN(C(=O)C4CC4)CC3)nc2)c1F. The first-order chi connectivity index (χ1) is 13.7. The summed E-state index contributed by atoms with van der Waals surface area (Å²) in [5.74, 6) is 0.666. The molecule has 1 aromatic carbocycles. The van der Waals surface area contributed by atoms with Crippen molar-refractivity contribution >= 4 is 5.91 Å². The molecule has 2 heterocycles. The second kappa shape index (κ2) is 8.22. The van der Waals surface area contributed by atoms with Crippen molar-refractivity contribution in [2.75, 3.05) is 19.7 Å². The fraction of sp³-hybridized carbons (Fsp3) is 0.476. The van der Waals surface area contributed by atoms with Crippen molar-refractivity contribution in [3.8, 4) is 17.1 Å². The van der Waals surface area contributed by atoms with E-state index in [2.05, 4.69) is 9.97 Å². The summed E-state index contributed by atoms with van der Waals surface area (Å²) in [5, 5.41) is 0. The normalized spacial score (nSPS) is 17.6. The molecule has 2 N–H and O–H groups in total. The predicted molar refractivity (Wildman–Crippen MR) is 103 cm³/mol. The molecular weight excluding hydrogens is 359 g/mol. The van der Waals surface area contributed by atoms with Crippen molar-refractivity contribution in [1.29, 1.82) is 0 Å². The van der Waals surface area contributed by atoms with Crippen LogP contribution in [0.25, 0.3) is 11.1 Å². The Kier molecular flexibility index (Phi) is 5.52. The van der Waals surface area contributed by atoms with E-state index in [0.29, 0.717) is 35.1 Å². The summed E-state index contributed by atoms with van der Waals surface area (Å²) < 4.78 is 20.1. The number of likely N-dealkylation sites (tertiary alicyclic amines) is 1. The van der Waals surface area contributed by atoms with E-state index in [1.165, 1.54) is 0 Å². The van der Waals surface area contributed by atoms with Gasteiger partial charge in [0, 0.05) is 54.6 Å². The third kappa shape index (κ3) is 4.14. The minimum absolute atomic E-state index is 0.146. The van der Waals surface area contributed by atoms with Gasteiger partial charge in [0.15, 0.2) is 0 Å². The van der Waals surface area contributed by atoms with Crippen LogP contribution in [0.3, 0.4) is 0 Å². The Labute approximate surface area is 163 Å². The van der Waals surface area contributed by atoms with Crippen LogP contribution in [0, 0.1) is 17.7 Å². The summed E-state index contributed by atoms with van der Waals surface area (Å²) in [6, 6.07) is 5.41. The molecule has 0 bridgehead atoms. The van der Waals surface area contributed by atoms with Crippen molar-refractivity contribution < 1.29 is 13.9 Å². The molecule has 7 heteroatoms. The van der Waals surface area contributed by atoms with E-state index in [1.54, 1.807) is 30.6 Å². The van der Waals surface area contributed by atoms with Crippen molar-refractivity contribution in [3.63, 3.8) is 0 Å². The third-order valence-corrected chi connectivity index (χ3v) is 5.54. The number of rotatable bonds is 6. The molecular formula is C21H25FN4O2. The Morgan fingerprint density at radius 3 is 2.54 bits per heavy atom. The average Bonchev–Trinajstić information content (AvgIpc) is 3.58. The van der Waals surface area contributed by atoms with Gasteiger partial charge in [-0.3, -0.25) is 4.79 Å². The highest BCUT2D eigenvalue weighted by molar-refractivity contribution is 5.81. The van der Waals surface area contributed by atoms with Gasteiger partial charge in [-0.1, -0.05) is 18.2 Å². The first kappa shape index (κ1) is 18.8. The molecule has 0 unspecified atom stereocenters. The lowest BCUT2D eigenvalue weighted by Crippen LogP contribution is -2.40. The number of nitrogens with two attached hydrogens (primary N) is 1. The number of benzene rings is 1. The zero-order valence-corrected chi connectivity index (χ0v) is 15.8. The van der Waals surface area contributed by atoms with Crippen molar-refractivity contribution in [2.24, 2.45) is 17.6 Å². The maximum absolute atomic E-state index is 14.4. The van der Waals surface area contributed by atoms with Gasteiger partial charge in [-0.25, -0.2) is 14.4 Å². The molecule has 2 aliphatic rings. The van der Waals surface area contributed by atoms with Gasteiger partial charge in [-0.2, -0.15) is 0 Å². The fourth-order valence-electron chi connectivity index (χ4n) is 3.59. The van der Waals surface area contributed by atoms with Crippen LogP contribution in [-0.2, 0) is 11.3 Å².